The first kappa shape index (κ1) is 19.2. The molecule has 0 unspecified atom stereocenters. The summed E-state index contributed by atoms with van der Waals surface area (Å²) >= 11 is 0. The van der Waals surface area contributed by atoms with Gasteiger partial charge >= 0.3 is 0 Å². The van der Waals surface area contributed by atoms with Gasteiger partial charge in [-0.15, -0.1) is 0 Å². The second kappa shape index (κ2) is 8.09. The van der Waals surface area contributed by atoms with Gasteiger partial charge in [0, 0.05) is 37.3 Å². The molecule has 0 radical (unpaired) electrons. The summed E-state index contributed by atoms with van der Waals surface area (Å²) in [4.78, 5) is 29.0. The molecule has 2 heterocycles. The summed E-state index contributed by atoms with van der Waals surface area (Å²) in [6.45, 7) is 6.78. The Balaban J connectivity index is 1.31. The summed E-state index contributed by atoms with van der Waals surface area (Å²) in [5, 5.41) is 3.93. The third-order valence-electron chi connectivity index (χ3n) is 5.33. The summed E-state index contributed by atoms with van der Waals surface area (Å²) in [5.41, 5.74) is 3.74. The van der Waals surface area contributed by atoms with Crippen LogP contribution in [0.15, 0.2) is 52.9 Å². The lowest BCUT2D eigenvalue weighted by atomic mass is 10.1. The first-order valence-corrected chi connectivity index (χ1v) is 9.87. The Labute approximate surface area is 170 Å². The number of hydrogen-bond donors (Lipinski definition) is 1. The van der Waals surface area contributed by atoms with Gasteiger partial charge in [-0.3, -0.25) is 14.5 Å². The normalized spacial score (nSPS) is 14.9. The van der Waals surface area contributed by atoms with E-state index in [0.29, 0.717) is 38.5 Å². The van der Waals surface area contributed by atoms with Gasteiger partial charge < -0.3 is 14.6 Å². The Bertz CT molecular complexity index is 1020. The fraction of sp³-hybridized carbons (Fsp3) is 0.304. The van der Waals surface area contributed by atoms with Crippen molar-refractivity contribution in [2.24, 2.45) is 0 Å². The van der Waals surface area contributed by atoms with Crippen LogP contribution < -0.4 is 5.32 Å². The van der Waals surface area contributed by atoms with Crippen molar-refractivity contribution < 1.29 is 14.0 Å². The van der Waals surface area contributed by atoms with Crippen molar-refractivity contribution >= 4 is 28.5 Å². The van der Waals surface area contributed by atoms with Crippen LogP contribution in [0.1, 0.15) is 21.7 Å². The Hall–Kier alpha value is -3.12. The van der Waals surface area contributed by atoms with Crippen LogP contribution in [-0.4, -0.2) is 54.3 Å². The largest absolute Gasteiger partial charge is 0.451 e. The molecule has 6 heteroatoms. The number of carbonyl (C=O) groups is 2. The Kier molecular flexibility index (Phi) is 5.36. The number of furan rings is 1. The Morgan fingerprint density at radius 1 is 1.00 bits per heavy atom. The SMILES string of the molecule is Cc1ccc(C)c(NC(=O)CN2CCN(C(=O)c3cc4ccccc4o3)CC2)c1. The zero-order chi connectivity index (χ0) is 20.4. The molecule has 6 nitrogen and oxygen atoms in total. The minimum absolute atomic E-state index is 0.0317. The van der Waals surface area contributed by atoms with E-state index in [1.165, 1.54) is 0 Å². The number of aryl methyl sites for hydroxylation is 2. The van der Waals surface area contributed by atoms with Crippen LogP contribution >= 0.6 is 0 Å². The maximum Gasteiger partial charge on any atom is 0.289 e. The summed E-state index contributed by atoms with van der Waals surface area (Å²) in [6, 6.07) is 15.4. The predicted molar refractivity (Wildman–Crippen MR) is 113 cm³/mol. The molecule has 150 valence electrons. The van der Waals surface area contributed by atoms with Crippen molar-refractivity contribution in [2.75, 3.05) is 38.0 Å². The van der Waals surface area contributed by atoms with E-state index in [1.807, 2.05) is 56.3 Å². The van der Waals surface area contributed by atoms with E-state index in [2.05, 4.69) is 10.2 Å². The van der Waals surface area contributed by atoms with E-state index < -0.39 is 0 Å². The molecule has 1 aliphatic heterocycles. The number of hydrogen-bond acceptors (Lipinski definition) is 4. The highest BCUT2D eigenvalue weighted by Crippen LogP contribution is 2.21. The van der Waals surface area contributed by atoms with Gasteiger partial charge in [-0.05, 0) is 43.2 Å². The minimum Gasteiger partial charge on any atom is -0.451 e. The quantitative estimate of drug-likeness (QED) is 0.740. The van der Waals surface area contributed by atoms with Gasteiger partial charge in [-0.1, -0.05) is 30.3 Å². The fourth-order valence-corrected chi connectivity index (χ4v) is 3.62. The number of carbonyl (C=O) groups excluding carboxylic acids is 2. The molecular formula is C23H25N3O3. The number of benzene rings is 2. The van der Waals surface area contributed by atoms with E-state index in [1.54, 1.807) is 11.0 Å². The molecule has 0 atom stereocenters. The van der Waals surface area contributed by atoms with Crippen molar-refractivity contribution in [3.05, 3.63) is 65.4 Å². The Morgan fingerprint density at radius 2 is 1.76 bits per heavy atom. The molecule has 29 heavy (non-hydrogen) atoms. The van der Waals surface area contributed by atoms with Crippen molar-refractivity contribution in [2.45, 2.75) is 13.8 Å². The van der Waals surface area contributed by atoms with Crippen molar-refractivity contribution in [3.8, 4) is 0 Å². The van der Waals surface area contributed by atoms with Crippen LogP contribution in [0.25, 0.3) is 11.0 Å². The first-order valence-electron chi connectivity index (χ1n) is 9.87. The molecule has 0 aliphatic carbocycles. The van der Waals surface area contributed by atoms with E-state index in [4.69, 9.17) is 4.42 Å². The number of fused-ring (bicyclic) bond motifs is 1. The third kappa shape index (κ3) is 4.32. The standard InChI is InChI=1S/C23H25N3O3/c1-16-7-8-17(2)19(13-16)24-22(27)15-25-9-11-26(12-10-25)23(28)21-14-18-5-3-4-6-20(18)29-21/h3-8,13-14H,9-12,15H2,1-2H3,(H,24,27). The first-order chi connectivity index (χ1) is 14.0. The molecule has 3 aromatic rings. The molecule has 2 amide bonds. The average molecular weight is 391 g/mol. The maximum absolute atomic E-state index is 12.7. The lowest BCUT2D eigenvalue weighted by Crippen LogP contribution is -2.50. The van der Waals surface area contributed by atoms with Gasteiger partial charge in [0.25, 0.3) is 5.91 Å². The summed E-state index contributed by atoms with van der Waals surface area (Å²) < 4.78 is 5.69. The molecule has 1 saturated heterocycles. The zero-order valence-corrected chi connectivity index (χ0v) is 16.8. The molecule has 1 aromatic heterocycles. The average Bonchev–Trinajstić information content (AvgIpc) is 3.15. The molecule has 1 aliphatic rings. The lowest BCUT2D eigenvalue weighted by molar-refractivity contribution is -0.117. The molecule has 1 fully saturated rings. The maximum atomic E-state index is 12.7. The molecule has 1 N–H and O–H groups in total. The topological polar surface area (TPSA) is 65.8 Å². The summed E-state index contributed by atoms with van der Waals surface area (Å²) in [6.07, 6.45) is 0. The molecule has 4 rings (SSSR count). The van der Waals surface area contributed by atoms with E-state index in [9.17, 15) is 9.59 Å². The second-order valence-electron chi connectivity index (χ2n) is 7.58. The molecule has 0 bridgehead atoms. The highest BCUT2D eigenvalue weighted by atomic mass is 16.3. The van der Waals surface area contributed by atoms with Gasteiger partial charge in [-0.2, -0.15) is 0 Å². The van der Waals surface area contributed by atoms with Crippen LogP contribution in [-0.2, 0) is 4.79 Å². The zero-order valence-electron chi connectivity index (χ0n) is 16.8. The van der Waals surface area contributed by atoms with Crippen molar-refractivity contribution in [1.82, 2.24) is 9.80 Å². The second-order valence-corrected chi connectivity index (χ2v) is 7.58. The van der Waals surface area contributed by atoms with Gasteiger partial charge in [0.15, 0.2) is 5.76 Å². The fourth-order valence-electron chi connectivity index (χ4n) is 3.62. The highest BCUT2D eigenvalue weighted by molar-refractivity contribution is 5.96. The minimum atomic E-state index is -0.0966. The van der Waals surface area contributed by atoms with Crippen LogP contribution in [0.3, 0.4) is 0 Å². The number of anilines is 1. The summed E-state index contributed by atoms with van der Waals surface area (Å²) in [5.74, 6) is 0.240. The smallest absolute Gasteiger partial charge is 0.289 e. The number of nitrogens with one attached hydrogen (secondary N) is 1. The molecule has 0 saturated carbocycles. The van der Waals surface area contributed by atoms with Gasteiger partial charge in [0.2, 0.25) is 5.91 Å². The monoisotopic (exact) mass is 391 g/mol. The van der Waals surface area contributed by atoms with E-state index >= 15 is 0 Å². The van der Waals surface area contributed by atoms with Gasteiger partial charge in [0.05, 0.1) is 6.54 Å². The van der Waals surface area contributed by atoms with Gasteiger partial charge in [0.1, 0.15) is 5.58 Å². The lowest BCUT2D eigenvalue weighted by Gasteiger charge is -2.33. The molecular weight excluding hydrogens is 366 g/mol. The number of piperazine rings is 1. The van der Waals surface area contributed by atoms with Crippen LogP contribution in [0, 0.1) is 13.8 Å². The molecule has 2 aromatic carbocycles. The number of nitrogens with zero attached hydrogens (tertiary/aromatic N) is 2. The number of amides is 2. The van der Waals surface area contributed by atoms with Crippen LogP contribution in [0.2, 0.25) is 0 Å². The van der Waals surface area contributed by atoms with Crippen LogP contribution in [0.5, 0.6) is 0 Å². The van der Waals surface area contributed by atoms with Crippen molar-refractivity contribution in [1.29, 1.82) is 0 Å². The number of rotatable bonds is 4. The third-order valence-corrected chi connectivity index (χ3v) is 5.33. The van der Waals surface area contributed by atoms with Crippen molar-refractivity contribution in [3.63, 3.8) is 0 Å². The predicted octanol–water partition coefficient (Wildman–Crippen LogP) is 3.45. The highest BCUT2D eigenvalue weighted by Gasteiger charge is 2.25. The van der Waals surface area contributed by atoms with E-state index in [-0.39, 0.29) is 11.8 Å². The van der Waals surface area contributed by atoms with E-state index in [0.717, 1.165) is 27.8 Å². The molecule has 0 spiro atoms. The number of para-hydroxylation sites is 1. The summed E-state index contributed by atoms with van der Waals surface area (Å²) in [7, 11) is 0. The Morgan fingerprint density at radius 3 is 2.52 bits per heavy atom. The van der Waals surface area contributed by atoms with Gasteiger partial charge in [-0.25, -0.2) is 0 Å². The van der Waals surface area contributed by atoms with Crippen LogP contribution in [0.4, 0.5) is 5.69 Å².